The summed E-state index contributed by atoms with van der Waals surface area (Å²) in [6.07, 6.45) is 0. The molecular weight excluding hydrogens is 286 g/mol. The molecule has 0 heterocycles. The highest BCUT2D eigenvalue weighted by Gasteiger charge is 2.15. The number of aromatic hydroxyl groups is 1. The highest BCUT2D eigenvalue weighted by Crippen LogP contribution is 2.34. The van der Waals surface area contributed by atoms with Gasteiger partial charge in [-0.15, -0.1) is 0 Å². The molecule has 2 aromatic carbocycles. The van der Waals surface area contributed by atoms with Crippen LogP contribution in [-0.4, -0.2) is 17.1 Å². The normalized spacial score (nSPS) is 10.7. The highest BCUT2D eigenvalue weighted by molar-refractivity contribution is 6.32. The molecule has 0 saturated carbocycles. The summed E-state index contributed by atoms with van der Waals surface area (Å²) in [4.78, 5) is 12.3. The number of rotatable bonds is 3. The predicted octanol–water partition coefficient (Wildman–Crippen LogP) is 4.16. The Kier molecular flexibility index (Phi) is 4.53. The number of phenols is 1. The second-order valence-corrected chi connectivity index (χ2v) is 5.70. The lowest BCUT2D eigenvalue weighted by molar-refractivity contribution is 0.0944. The van der Waals surface area contributed by atoms with Crippen molar-refractivity contribution >= 4 is 17.5 Å². The van der Waals surface area contributed by atoms with Gasteiger partial charge in [0, 0.05) is 11.6 Å². The molecule has 4 heteroatoms. The van der Waals surface area contributed by atoms with Crippen molar-refractivity contribution in [3.63, 3.8) is 0 Å². The number of carbonyl (C=O) groups excluding carboxylic acids is 1. The zero-order valence-corrected chi connectivity index (χ0v) is 13.0. The summed E-state index contributed by atoms with van der Waals surface area (Å²) >= 11 is 6.00. The van der Waals surface area contributed by atoms with E-state index in [1.165, 1.54) is 0 Å². The van der Waals surface area contributed by atoms with E-state index in [1.54, 1.807) is 18.2 Å². The third-order valence-corrected chi connectivity index (χ3v) is 3.48. The van der Waals surface area contributed by atoms with Crippen LogP contribution >= 0.6 is 11.6 Å². The van der Waals surface area contributed by atoms with E-state index >= 15 is 0 Å². The summed E-state index contributed by atoms with van der Waals surface area (Å²) in [5.74, 6) is -0.0776. The van der Waals surface area contributed by atoms with Crippen molar-refractivity contribution in [1.82, 2.24) is 5.32 Å². The van der Waals surface area contributed by atoms with Gasteiger partial charge in [0.25, 0.3) is 5.91 Å². The van der Waals surface area contributed by atoms with Gasteiger partial charge in [0.15, 0.2) is 0 Å². The zero-order chi connectivity index (χ0) is 15.6. The Labute approximate surface area is 129 Å². The molecule has 0 atom stereocenters. The Balaban J connectivity index is 2.55. The summed E-state index contributed by atoms with van der Waals surface area (Å²) in [5.41, 5.74) is 3.10. The van der Waals surface area contributed by atoms with Crippen molar-refractivity contribution in [2.24, 2.45) is 0 Å². The minimum atomic E-state index is -0.121. The van der Waals surface area contributed by atoms with Gasteiger partial charge in [-0.25, -0.2) is 0 Å². The highest BCUT2D eigenvalue weighted by atomic mass is 35.5. The van der Waals surface area contributed by atoms with E-state index in [4.69, 9.17) is 11.6 Å². The van der Waals surface area contributed by atoms with Crippen LogP contribution in [-0.2, 0) is 0 Å². The van der Waals surface area contributed by atoms with Crippen molar-refractivity contribution in [3.05, 3.63) is 52.5 Å². The van der Waals surface area contributed by atoms with Gasteiger partial charge < -0.3 is 10.4 Å². The fourth-order valence-electron chi connectivity index (χ4n) is 2.21. The van der Waals surface area contributed by atoms with Crippen molar-refractivity contribution in [2.45, 2.75) is 26.8 Å². The first-order valence-corrected chi connectivity index (χ1v) is 7.17. The molecule has 2 rings (SSSR count). The number of carbonyl (C=O) groups is 1. The number of amides is 1. The number of hydrogen-bond acceptors (Lipinski definition) is 2. The van der Waals surface area contributed by atoms with Crippen LogP contribution in [0.2, 0.25) is 5.02 Å². The molecule has 0 aliphatic carbocycles. The quantitative estimate of drug-likeness (QED) is 0.894. The number of nitrogens with one attached hydrogen (secondary N) is 1. The Morgan fingerprint density at radius 2 is 1.86 bits per heavy atom. The average Bonchev–Trinajstić information content (AvgIpc) is 2.42. The molecule has 3 nitrogen and oxygen atoms in total. The molecular formula is C17H18ClNO2. The molecule has 21 heavy (non-hydrogen) atoms. The van der Waals surface area contributed by atoms with Gasteiger partial charge in [0.2, 0.25) is 0 Å². The molecule has 1 amide bonds. The average molecular weight is 304 g/mol. The van der Waals surface area contributed by atoms with Gasteiger partial charge in [-0.05, 0) is 55.7 Å². The minimum Gasteiger partial charge on any atom is -0.506 e. The van der Waals surface area contributed by atoms with Crippen molar-refractivity contribution in [2.75, 3.05) is 0 Å². The van der Waals surface area contributed by atoms with Crippen LogP contribution in [0.5, 0.6) is 5.75 Å². The lowest BCUT2D eigenvalue weighted by atomic mass is 9.95. The van der Waals surface area contributed by atoms with Crippen molar-refractivity contribution in [3.8, 4) is 16.9 Å². The lowest BCUT2D eigenvalue weighted by Gasteiger charge is -2.14. The summed E-state index contributed by atoms with van der Waals surface area (Å²) in [5, 5.41) is 12.8. The van der Waals surface area contributed by atoms with Crippen LogP contribution in [0.4, 0.5) is 0 Å². The molecule has 0 fully saturated rings. The lowest BCUT2D eigenvalue weighted by Crippen LogP contribution is -2.30. The van der Waals surface area contributed by atoms with Gasteiger partial charge >= 0.3 is 0 Å². The van der Waals surface area contributed by atoms with E-state index in [0.717, 1.165) is 16.7 Å². The van der Waals surface area contributed by atoms with Crippen LogP contribution in [0.1, 0.15) is 29.8 Å². The molecule has 0 saturated heterocycles. The molecule has 0 aromatic heterocycles. The number of benzene rings is 2. The Hall–Kier alpha value is -2.00. The van der Waals surface area contributed by atoms with Gasteiger partial charge in [-0.1, -0.05) is 29.8 Å². The van der Waals surface area contributed by atoms with E-state index in [-0.39, 0.29) is 22.7 Å². The maximum atomic E-state index is 12.3. The number of phenolic OH excluding ortho intramolecular Hbond substituents is 1. The molecule has 2 aromatic rings. The molecule has 0 spiro atoms. The number of halogens is 1. The molecule has 0 bridgehead atoms. The topological polar surface area (TPSA) is 49.3 Å². The third kappa shape index (κ3) is 3.37. The largest absolute Gasteiger partial charge is 0.506 e. The fraction of sp³-hybridized carbons (Fsp3) is 0.235. The van der Waals surface area contributed by atoms with Gasteiger partial charge in [-0.2, -0.15) is 0 Å². The molecule has 0 unspecified atom stereocenters. The fourth-order valence-corrected chi connectivity index (χ4v) is 2.38. The van der Waals surface area contributed by atoms with Crippen LogP contribution in [0.15, 0.2) is 36.4 Å². The van der Waals surface area contributed by atoms with Crippen LogP contribution in [0.25, 0.3) is 11.1 Å². The van der Waals surface area contributed by atoms with Crippen LogP contribution < -0.4 is 5.32 Å². The number of aryl methyl sites for hydroxylation is 1. The molecule has 110 valence electrons. The minimum absolute atomic E-state index is 0.0435. The first kappa shape index (κ1) is 15.4. The Bertz CT molecular complexity index is 680. The van der Waals surface area contributed by atoms with Gasteiger partial charge in [-0.3, -0.25) is 4.79 Å². The second-order valence-electron chi connectivity index (χ2n) is 5.29. The van der Waals surface area contributed by atoms with Crippen molar-refractivity contribution < 1.29 is 9.90 Å². The maximum absolute atomic E-state index is 12.3. The summed E-state index contributed by atoms with van der Waals surface area (Å²) in [7, 11) is 0. The van der Waals surface area contributed by atoms with E-state index < -0.39 is 0 Å². The van der Waals surface area contributed by atoms with E-state index in [0.29, 0.717) is 5.56 Å². The van der Waals surface area contributed by atoms with Gasteiger partial charge in [0.05, 0.1) is 5.02 Å². The number of hydrogen-bond donors (Lipinski definition) is 2. The standard InChI is InChI=1S/C17H18ClNO2/c1-10(2)19-17(21)13-7-5-4-6-12(13)14-9-15(18)16(20)8-11(14)3/h4-10,20H,1-3H3,(H,19,21). The molecule has 0 radical (unpaired) electrons. The molecule has 0 aliphatic rings. The summed E-state index contributed by atoms with van der Waals surface area (Å²) in [6.45, 7) is 5.72. The van der Waals surface area contributed by atoms with E-state index in [2.05, 4.69) is 5.32 Å². The van der Waals surface area contributed by atoms with E-state index in [9.17, 15) is 9.90 Å². The summed E-state index contributed by atoms with van der Waals surface area (Å²) < 4.78 is 0. The van der Waals surface area contributed by atoms with Crippen molar-refractivity contribution in [1.29, 1.82) is 0 Å². The van der Waals surface area contributed by atoms with Gasteiger partial charge in [0.1, 0.15) is 5.75 Å². The first-order valence-electron chi connectivity index (χ1n) is 6.79. The predicted molar refractivity (Wildman–Crippen MR) is 85.9 cm³/mol. The Morgan fingerprint density at radius 3 is 2.52 bits per heavy atom. The monoisotopic (exact) mass is 303 g/mol. The maximum Gasteiger partial charge on any atom is 0.252 e. The second kappa shape index (κ2) is 6.19. The Morgan fingerprint density at radius 1 is 1.19 bits per heavy atom. The molecule has 0 aliphatic heterocycles. The first-order chi connectivity index (χ1) is 9.90. The zero-order valence-electron chi connectivity index (χ0n) is 12.3. The van der Waals surface area contributed by atoms with Crippen LogP contribution in [0, 0.1) is 6.92 Å². The third-order valence-electron chi connectivity index (χ3n) is 3.18. The SMILES string of the molecule is Cc1cc(O)c(Cl)cc1-c1ccccc1C(=O)NC(C)C. The van der Waals surface area contributed by atoms with E-state index in [1.807, 2.05) is 39.0 Å². The summed E-state index contributed by atoms with van der Waals surface area (Å²) in [6, 6.07) is 10.7. The smallest absolute Gasteiger partial charge is 0.252 e. The molecule has 2 N–H and O–H groups in total. The van der Waals surface area contributed by atoms with Crippen LogP contribution in [0.3, 0.4) is 0 Å².